The lowest BCUT2D eigenvalue weighted by Gasteiger charge is -2.11. The number of methoxy groups -OCH3 is 1. The number of hydrogen-bond acceptors (Lipinski definition) is 3. The molecule has 1 amide bonds. The zero-order chi connectivity index (χ0) is 12.7. The first kappa shape index (κ1) is 13.7. The molecule has 5 heteroatoms. The Kier molecular flexibility index (Phi) is 5.69. The van der Waals surface area contributed by atoms with Gasteiger partial charge in [0.2, 0.25) is 5.91 Å². The number of halogens is 1. The van der Waals surface area contributed by atoms with E-state index in [2.05, 4.69) is 26.0 Å². The molecule has 0 aliphatic heterocycles. The summed E-state index contributed by atoms with van der Waals surface area (Å²) in [6.07, 6.45) is 0.104. The number of anilines is 1. The van der Waals surface area contributed by atoms with Crippen LogP contribution in [0.15, 0.2) is 30.3 Å². The Labute approximate surface area is 108 Å². The Morgan fingerprint density at radius 3 is 2.53 bits per heavy atom. The predicted octanol–water partition coefficient (Wildman–Crippen LogP) is 2.20. The molecule has 0 saturated heterocycles. The third kappa shape index (κ3) is 4.56. The molecule has 17 heavy (non-hydrogen) atoms. The highest BCUT2D eigenvalue weighted by Gasteiger charge is 2.21. The van der Waals surface area contributed by atoms with Crippen molar-refractivity contribution in [2.24, 2.45) is 5.92 Å². The summed E-state index contributed by atoms with van der Waals surface area (Å²) in [6.45, 7) is 0. The third-order valence-electron chi connectivity index (χ3n) is 2.21. The van der Waals surface area contributed by atoms with Crippen molar-refractivity contribution in [3.05, 3.63) is 30.3 Å². The first-order valence-corrected chi connectivity index (χ1v) is 6.28. The zero-order valence-corrected chi connectivity index (χ0v) is 11.1. The van der Waals surface area contributed by atoms with Crippen LogP contribution in [0.5, 0.6) is 0 Å². The summed E-state index contributed by atoms with van der Waals surface area (Å²) in [4.78, 5) is 23.0. The number of amides is 1. The van der Waals surface area contributed by atoms with Crippen LogP contribution in [0.3, 0.4) is 0 Å². The minimum Gasteiger partial charge on any atom is -0.469 e. The Balaban J connectivity index is 2.51. The van der Waals surface area contributed by atoms with Gasteiger partial charge < -0.3 is 10.1 Å². The summed E-state index contributed by atoms with van der Waals surface area (Å²) in [6, 6.07) is 9.11. The van der Waals surface area contributed by atoms with Crippen molar-refractivity contribution < 1.29 is 14.3 Å². The quantitative estimate of drug-likeness (QED) is 0.670. The van der Waals surface area contributed by atoms with E-state index in [1.165, 1.54) is 7.11 Å². The van der Waals surface area contributed by atoms with Crippen LogP contribution in [0.1, 0.15) is 6.42 Å². The van der Waals surface area contributed by atoms with Crippen LogP contribution in [0.2, 0.25) is 0 Å². The molecule has 1 aromatic rings. The molecule has 92 valence electrons. The first-order chi connectivity index (χ1) is 8.17. The summed E-state index contributed by atoms with van der Waals surface area (Å²) >= 11 is 3.19. The monoisotopic (exact) mass is 299 g/mol. The molecule has 0 heterocycles. The molecule has 0 radical (unpaired) electrons. The molecule has 4 nitrogen and oxygen atoms in total. The van der Waals surface area contributed by atoms with Crippen LogP contribution in [0.25, 0.3) is 0 Å². The summed E-state index contributed by atoms with van der Waals surface area (Å²) in [5, 5.41) is 3.12. The van der Waals surface area contributed by atoms with E-state index in [9.17, 15) is 9.59 Å². The van der Waals surface area contributed by atoms with Gasteiger partial charge in [-0.1, -0.05) is 34.1 Å². The third-order valence-corrected chi connectivity index (χ3v) is 2.99. The molecule has 0 saturated carbocycles. The van der Waals surface area contributed by atoms with E-state index in [1.54, 1.807) is 12.1 Å². The van der Waals surface area contributed by atoms with Gasteiger partial charge in [-0.15, -0.1) is 0 Å². The van der Waals surface area contributed by atoms with Crippen molar-refractivity contribution >= 4 is 33.5 Å². The van der Waals surface area contributed by atoms with E-state index < -0.39 is 5.92 Å². The second kappa shape index (κ2) is 7.06. The molecular weight excluding hydrogens is 286 g/mol. The number of hydrogen-bond donors (Lipinski definition) is 1. The number of alkyl halides is 1. The largest absolute Gasteiger partial charge is 0.469 e. The fraction of sp³-hybridized carbons (Fsp3) is 0.333. The SMILES string of the molecule is COC(=O)C(CBr)CC(=O)Nc1ccccc1. The second-order valence-electron chi connectivity index (χ2n) is 3.49. The van der Waals surface area contributed by atoms with Gasteiger partial charge in [0, 0.05) is 17.4 Å². The number of para-hydroxylation sites is 1. The predicted molar refractivity (Wildman–Crippen MR) is 69.0 cm³/mol. The highest BCUT2D eigenvalue weighted by molar-refractivity contribution is 9.09. The molecule has 1 rings (SSSR count). The fourth-order valence-corrected chi connectivity index (χ4v) is 1.82. The molecule has 0 spiro atoms. The lowest BCUT2D eigenvalue weighted by Crippen LogP contribution is -2.24. The van der Waals surface area contributed by atoms with Gasteiger partial charge in [0.05, 0.1) is 13.0 Å². The van der Waals surface area contributed by atoms with Crippen LogP contribution in [0.4, 0.5) is 5.69 Å². The summed E-state index contributed by atoms with van der Waals surface area (Å²) in [7, 11) is 1.31. The maximum Gasteiger partial charge on any atom is 0.310 e. The van der Waals surface area contributed by atoms with Crippen LogP contribution >= 0.6 is 15.9 Å². The van der Waals surface area contributed by atoms with Gasteiger partial charge in [0.1, 0.15) is 0 Å². The fourth-order valence-electron chi connectivity index (χ4n) is 1.32. The van der Waals surface area contributed by atoms with Crippen molar-refractivity contribution in [3.8, 4) is 0 Å². The standard InChI is InChI=1S/C12H14BrNO3/c1-17-12(16)9(8-13)7-11(15)14-10-5-3-2-4-6-10/h2-6,9H,7-8H2,1H3,(H,14,15). The van der Waals surface area contributed by atoms with Crippen molar-refractivity contribution in [1.82, 2.24) is 0 Å². The Hall–Kier alpha value is -1.36. The molecule has 1 N–H and O–H groups in total. The average molecular weight is 300 g/mol. The average Bonchev–Trinajstić information content (AvgIpc) is 2.36. The smallest absolute Gasteiger partial charge is 0.310 e. The van der Waals surface area contributed by atoms with Gasteiger partial charge in [-0.2, -0.15) is 0 Å². The molecule has 1 unspecified atom stereocenters. The van der Waals surface area contributed by atoms with Crippen molar-refractivity contribution in [3.63, 3.8) is 0 Å². The van der Waals surface area contributed by atoms with Crippen LogP contribution < -0.4 is 5.32 Å². The maximum absolute atomic E-state index is 11.7. The van der Waals surface area contributed by atoms with E-state index in [-0.39, 0.29) is 18.3 Å². The highest BCUT2D eigenvalue weighted by atomic mass is 79.9. The first-order valence-electron chi connectivity index (χ1n) is 5.16. The van der Waals surface area contributed by atoms with E-state index in [0.29, 0.717) is 5.33 Å². The summed E-state index contributed by atoms with van der Waals surface area (Å²) in [5.41, 5.74) is 0.718. The number of nitrogens with one attached hydrogen (secondary N) is 1. The van der Waals surface area contributed by atoms with Gasteiger partial charge in [0.25, 0.3) is 0 Å². The number of carbonyl (C=O) groups is 2. The number of carbonyl (C=O) groups excluding carboxylic acids is 2. The zero-order valence-electron chi connectivity index (χ0n) is 9.48. The Morgan fingerprint density at radius 2 is 2.00 bits per heavy atom. The molecule has 0 aliphatic carbocycles. The van der Waals surface area contributed by atoms with Crippen molar-refractivity contribution in [1.29, 1.82) is 0 Å². The van der Waals surface area contributed by atoms with Crippen LogP contribution in [-0.4, -0.2) is 24.3 Å². The van der Waals surface area contributed by atoms with Crippen LogP contribution in [0, 0.1) is 5.92 Å². The number of esters is 1. The van der Waals surface area contributed by atoms with Gasteiger partial charge in [-0.05, 0) is 12.1 Å². The number of rotatable bonds is 5. The van der Waals surface area contributed by atoms with Gasteiger partial charge in [-0.3, -0.25) is 9.59 Å². The van der Waals surface area contributed by atoms with Gasteiger partial charge >= 0.3 is 5.97 Å². The molecule has 0 aromatic heterocycles. The van der Waals surface area contributed by atoms with E-state index >= 15 is 0 Å². The normalized spacial score (nSPS) is 11.6. The molecule has 0 bridgehead atoms. The molecule has 0 aliphatic rings. The maximum atomic E-state index is 11.7. The number of ether oxygens (including phenoxy) is 1. The topological polar surface area (TPSA) is 55.4 Å². The van der Waals surface area contributed by atoms with E-state index in [0.717, 1.165) is 5.69 Å². The van der Waals surface area contributed by atoms with Crippen molar-refractivity contribution in [2.75, 3.05) is 17.8 Å². The molecule has 1 atom stereocenters. The Bertz CT molecular complexity index is 381. The molecule has 1 aromatic carbocycles. The van der Waals surface area contributed by atoms with E-state index in [4.69, 9.17) is 0 Å². The summed E-state index contributed by atoms with van der Waals surface area (Å²) in [5.74, 6) is -1.04. The number of benzene rings is 1. The van der Waals surface area contributed by atoms with Gasteiger partial charge in [0.15, 0.2) is 0 Å². The molecule has 0 fully saturated rings. The Morgan fingerprint density at radius 1 is 1.35 bits per heavy atom. The summed E-state index contributed by atoms with van der Waals surface area (Å²) < 4.78 is 4.61. The minimum absolute atomic E-state index is 0.104. The van der Waals surface area contributed by atoms with E-state index in [1.807, 2.05) is 18.2 Å². The highest BCUT2D eigenvalue weighted by Crippen LogP contribution is 2.12. The lowest BCUT2D eigenvalue weighted by atomic mass is 10.1. The lowest BCUT2D eigenvalue weighted by molar-refractivity contribution is -0.146. The van der Waals surface area contributed by atoms with Crippen molar-refractivity contribution in [2.45, 2.75) is 6.42 Å². The molecular formula is C12H14BrNO3. The minimum atomic E-state index is -0.455. The second-order valence-corrected chi connectivity index (χ2v) is 4.14. The van der Waals surface area contributed by atoms with Crippen LogP contribution in [-0.2, 0) is 14.3 Å². The van der Waals surface area contributed by atoms with Gasteiger partial charge in [-0.25, -0.2) is 0 Å².